The van der Waals surface area contributed by atoms with E-state index >= 15 is 0 Å². The summed E-state index contributed by atoms with van der Waals surface area (Å²) in [6.07, 6.45) is 0. The van der Waals surface area contributed by atoms with Crippen LogP contribution in [0.2, 0.25) is 0 Å². The van der Waals surface area contributed by atoms with E-state index in [4.69, 9.17) is 4.74 Å². The molecule has 0 heterocycles. The fraction of sp³-hybridized carbons (Fsp3) is 0.846. The second-order valence-electron chi connectivity index (χ2n) is 6.22. The number of ether oxygens (including phenoxy) is 1. The van der Waals surface area contributed by atoms with Crippen LogP contribution in [0, 0.1) is 21.7 Å². The van der Waals surface area contributed by atoms with Crippen LogP contribution in [0.15, 0.2) is 12.2 Å². The Balaban J connectivity index is 2.26. The number of hydrogen-bond donors (Lipinski definition) is 0. The highest BCUT2D eigenvalue weighted by Crippen LogP contribution is 3.10. The van der Waals surface area contributed by atoms with Crippen LogP contribution < -0.4 is 0 Å². The summed E-state index contributed by atoms with van der Waals surface area (Å²) in [6.45, 7) is 16.0. The molecular weight excluding hydrogens is 172 g/mol. The van der Waals surface area contributed by atoms with Gasteiger partial charge in [-0.1, -0.05) is 39.8 Å². The number of hydrogen-bond acceptors (Lipinski definition) is 1. The van der Waals surface area contributed by atoms with Gasteiger partial charge in [-0.15, -0.1) is 0 Å². The fourth-order valence-electron chi connectivity index (χ4n) is 6.03. The molecular formula is C13H20O. The van der Waals surface area contributed by atoms with E-state index in [-0.39, 0.29) is 11.0 Å². The molecule has 78 valence electrons. The number of fused-ring (bicyclic) bond motifs is 1. The molecule has 3 fully saturated rings. The molecule has 0 N–H and O–H groups in total. The van der Waals surface area contributed by atoms with E-state index in [0.29, 0.717) is 16.2 Å². The van der Waals surface area contributed by atoms with Gasteiger partial charge in [0, 0.05) is 23.4 Å². The van der Waals surface area contributed by atoms with Crippen molar-refractivity contribution in [3.8, 4) is 0 Å². The quantitative estimate of drug-likeness (QED) is 0.580. The summed E-state index contributed by atoms with van der Waals surface area (Å²) in [4.78, 5) is 0. The van der Waals surface area contributed by atoms with Crippen molar-refractivity contribution in [2.24, 2.45) is 21.7 Å². The molecule has 1 heteroatoms. The van der Waals surface area contributed by atoms with E-state index in [9.17, 15) is 0 Å². The van der Waals surface area contributed by atoms with Crippen molar-refractivity contribution < 1.29 is 4.74 Å². The lowest BCUT2D eigenvalue weighted by atomic mass is 9.41. The van der Waals surface area contributed by atoms with Crippen molar-refractivity contribution in [1.82, 2.24) is 0 Å². The maximum absolute atomic E-state index is 5.83. The minimum absolute atomic E-state index is 0.000579. The first-order valence-corrected chi connectivity index (χ1v) is 5.47. The van der Waals surface area contributed by atoms with Gasteiger partial charge in [0.15, 0.2) is 0 Å². The van der Waals surface area contributed by atoms with Crippen molar-refractivity contribution in [3.05, 3.63) is 12.2 Å². The Labute approximate surface area is 86.5 Å². The molecule has 14 heavy (non-hydrogen) atoms. The smallest absolute Gasteiger partial charge is 0.0814 e. The lowest BCUT2D eigenvalue weighted by molar-refractivity contribution is -0.232. The molecule has 1 nitrogen and oxygen atoms in total. The zero-order chi connectivity index (χ0) is 10.8. The van der Waals surface area contributed by atoms with Gasteiger partial charge in [0.25, 0.3) is 0 Å². The first-order chi connectivity index (χ1) is 6.22. The molecule has 5 atom stereocenters. The van der Waals surface area contributed by atoms with Crippen LogP contribution in [0.25, 0.3) is 0 Å². The minimum Gasteiger partial charge on any atom is -0.377 e. The van der Waals surface area contributed by atoms with E-state index in [1.807, 2.05) is 7.11 Å². The lowest BCUT2D eigenvalue weighted by Gasteiger charge is -2.66. The summed E-state index contributed by atoms with van der Waals surface area (Å²) in [5, 5.41) is 0. The van der Waals surface area contributed by atoms with Crippen LogP contribution in [0.1, 0.15) is 34.6 Å². The molecule has 0 aliphatic heterocycles. The van der Waals surface area contributed by atoms with Crippen molar-refractivity contribution in [1.29, 1.82) is 0 Å². The Kier molecular flexibility index (Phi) is 0.980. The maximum atomic E-state index is 5.83. The van der Waals surface area contributed by atoms with Crippen LogP contribution in [0.5, 0.6) is 0 Å². The highest BCUT2D eigenvalue weighted by atomic mass is 16.5. The monoisotopic (exact) mass is 192 g/mol. The van der Waals surface area contributed by atoms with E-state index in [2.05, 4.69) is 41.2 Å². The Morgan fingerprint density at radius 1 is 0.929 bits per heavy atom. The molecule has 5 unspecified atom stereocenters. The molecule has 0 aromatic rings. The van der Waals surface area contributed by atoms with Gasteiger partial charge < -0.3 is 4.74 Å². The first kappa shape index (κ1) is 8.96. The van der Waals surface area contributed by atoms with E-state index < -0.39 is 0 Å². The van der Waals surface area contributed by atoms with Gasteiger partial charge in [-0.25, -0.2) is 0 Å². The predicted molar refractivity (Wildman–Crippen MR) is 57.0 cm³/mol. The molecule has 0 amide bonds. The van der Waals surface area contributed by atoms with E-state index in [1.54, 1.807) is 0 Å². The average molecular weight is 192 g/mol. The molecule has 0 aromatic heterocycles. The summed E-state index contributed by atoms with van der Waals surface area (Å²) >= 11 is 0. The standard InChI is InChI=1S/C13H20O/c1-8-9(2)11(4)10(8,3)13(6,14-7)12(9,11)5/h1H2,2-7H3. The third kappa shape index (κ3) is 0.301. The van der Waals surface area contributed by atoms with Gasteiger partial charge in [0.1, 0.15) is 0 Å². The van der Waals surface area contributed by atoms with Gasteiger partial charge in [0.2, 0.25) is 0 Å². The second-order valence-corrected chi connectivity index (χ2v) is 6.22. The van der Waals surface area contributed by atoms with E-state index in [1.165, 1.54) is 5.57 Å². The highest BCUT2D eigenvalue weighted by molar-refractivity contribution is 5.69. The summed E-state index contributed by atoms with van der Waals surface area (Å²) < 4.78 is 5.83. The minimum atomic E-state index is 0.000579. The Morgan fingerprint density at radius 2 is 1.43 bits per heavy atom. The second kappa shape index (κ2) is 1.53. The predicted octanol–water partition coefficient (Wildman–Crippen LogP) is 3.01. The first-order valence-electron chi connectivity index (χ1n) is 5.47. The van der Waals surface area contributed by atoms with Gasteiger partial charge >= 0.3 is 0 Å². The van der Waals surface area contributed by atoms with Crippen LogP contribution in [0.4, 0.5) is 0 Å². The SMILES string of the molecule is C=C1C2(C)C(C)(OC)C3(C)C1(C)C23C. The van der Waals surface area contributed by atoms with Crippen molar-refractivity contribution in [2.45, 2.75) is 40.2 Å². The van der Waals surface area contributed by atoms with Gasteiger partial charge in [-0.3, -0.25) is 0 Å². The topological polar surface area (TPSA) is 9.23 Å². The average Bonchev–Trinajstić information content (AvgIpc) is 2.49. The third-order valence-electron chi connectivity index (χ3n) is 7.46. The van der Waals surface area contributed by atoms with Crippen molar-refractivity contribution in [2.75, 3.05) is 7.11 Å². The van der Waals surface area contributed by atoms with Gasteiger partial charge in [0.05, 0.1) is 5.60 Å². The Bertz CT molecular complexity index is 385. The summed E-state index contributed by atoms with van der Waals surface area (Å²) in [7, 11) is 1.85. The fourth-order valence-corrected chi connectivity index (χ4v) is 6.03. The Hall–Kier alpha value is -0.300. The van der Waals surface area contributed by atoms with Crippen molar-refractivity contribution >= 4 is 0 Å². The van der Waals surface area contributed by atoms with Crippen LogP contribution >= 0.6 is 0 Å². The van der Waals surface area contributed by atoms with Gasteiger partial charge in [-0.2, -0.15) is 0 Å². The molecule has 0 bridgehead atoms. The molecule has 0 saturated heterocycles. The molecule has 3 aliphatic carbocycles. The third-order valence-corrected chi connectivity index (χ3v) is 7.46. The van der Waals surface area contributed by atoms with Gasteiger partial charge in [-0.05, 0) is 12.3 Å². The molecule has 3 rings (SSSR count). The normalized spacial score (nSPS) is 73.4. The molecule has 0 aromatic carbocycles. The van der Waals surface area contributed by atoms with Crippen LogP contribution in [-0.2, 0) is 4.74 Å². The largest absolute Gasteiger partial charge is 0.377 e. The summed E-state index contributed by atoms with van der Waals surface area (Å²) in [5.74, 6) is 0. The molecule has 0 spiro atoms. The maximum Gasteiger partial charge on any atom is 0.0814 e. The molecule has 0 radical (unpaired) electrons. The van der Waals surface area contributed by atoms with Crippen molar-refractivity contribution in [3.63, 3.8) is 0 Å². The molecule has 3 aliphatic rings. The summed E-state index contributed by atoms with van der Waals surface area (Å²) in [6, 6.07) is 0. The number of methoxy groups -OCH3 is 1. The van der Waals surface area contributed by atoms with E-state index in [0.717, 1.165) is 0 Å². The zero-order valence-electron chi connectivity index (χ0n) is 10.1. The lowest BCUT2D eigenvalue weighted by Crippen LogP contribution is -2.68. The highest BCUT2D eigenvalue weighted by Gasteiger charge is 3.10. The molecule has 3 saturated carbocycles. The number of rotatable bonds is 1. The van der Waals surface area contributed by atoms with Crippen LogP contribution in [0.3, 0.4) is 0 Å². The Morgan fingerprint density at radius 3 is 1.57 bits per heavy atom. The summed E-state index contributed by atoms with van der Waals surface area (Å²) in [5.41, 5.74) is 2.71. The zero-order valence-corrected chi connectivity index (χ0v) is 10.1. The van der Waals surface area contributed by atoms with Crippen LogP contribution in [-0.4, -0.2) is 12.7 Å².